The van der Waals surface area contributed by atoms with Crippen molar-refractivity contribution in [2.75, 3.05) is 12.5 Å². The molecule has 3 rings (SSSR count). The largest absolute Gasteiger partial charge is 0.130 e. The highest BCUT2D eigenvalue weighted by atomic mass is 32.2. The van der Waals surface area contributed by atoms with Gasteiger partial charge in [0.2, 0.25) is 0 Å². The Morgan fingerprint density at radius 2 is 1.04 bits per heavy atom. The lowest BCUT2D eigenvalue weighted by Gasteiger charge is -2.19. The molecule has 3 aromatic rings. The van der Waals surface area contributed by atoms with Crippen LogP contribution in [0.4, 0.5) is 0 Å². The third-order valence-corrected chi connectivity index (χ3v) is 8.20. The molecule has 0 amide bonds. The molecule has 3 aromatic carbocycles. The quantitative estimate of drug-likeness (QED) is 0.332. The highest BCUT2D eigenvalue weighted by Gasteiger charge is 2.13. The number of thioether (sulfide) groups is 2. The van der Waals surface area contributed by atoms with E-state index in [0.717, 1.165) is 12.3 Å². The van der Waals surface area contributed by atoms with E-state index < -0.39 is 0 Å². The van der Waals surface area contributed by atoms with Gasteiger partial charge in [0.15, 0.2) is 0 Å². The van der Waals surface area contributed by atoms with Gasteiger partial charge in [0.1, 0.15) is 0 Å². The SMILES string of the molecule is CSc1ccc(CP(Cc2ccc(SC)cc2)c2ccccc2)cc1. The summed E-state index contributed by atoms with van der Waals surface area (Å²) in [6, 6.07) is 29.2. The van der Waals surface area contributed by atoms with Crippen molar-refractivity contribution in [1.82, 2.24) is 0 Å². The van der Waals surface area contributed by atoms with Crippen molar-refractivity contribution in [3.8, 4) is 0 Å². The van der Waals surface area contributed by atoms with Crippen molar-refractivity contribution in [1.29, 1.82) is 0 Å². The van der Waals surface area contributed by atoms with E-state index in [-0.39, 0.29) is 7.92 Å². The Balaban J connectivity index is 1.81. The van der Waals surface area contributed by atoms with Gasteiger partial charge in [-0.15, -0.1) is 23.5 Å². The normalized spacial score (nSPS) is 11.0. The van der Waals surface area contributed by atoms with Crippen LogP contribution >= 0.6 is 31.4 Å². The molecular formula is C22H23PS2. The Hall–Kier alpha value is -1.21. The van der Waals surface area contributed by atoms with Crippen molar-refractivity contribution in [2.45, 2.75) is 22.1 Å². The van der Waals surface area contributed by atoms with Crippen LogP contribution in [0.25, 0.3) is 0 Å². The monoisotopic (exact) mass is 382 g/mol. The average Bonchev–Trinajstić information content (AvgIpc) is 2.69. The first-order chi connectivity index (χ1) is 12.3. The summed E-state index contributed by atoms with van der Waals surface area (Å²) in [7, 11) is -0.250. The maximum Gasteiger partial charge on any atom is 0.00693 e. The molecule has 0 aliphatic heterocycles. The fraction of sp³-hybridized carbons (Fsp3) is 0.182. The third kappa shape index (κ3) is 5.38. The van der Waals surface area contributed by atoms with Crippen LogP contribution in [-0.2, 0) is 12.3 Å². The molecule has 0 saturated carbocycles. The van der Waals surface area contributed by atoms with E-state index >= 15 is 0 Å². The average molecular weight is 383 g/mol. The molecule has 0 aliphatic carbocycles. The van der Waals surface area contributed by atoms with Crippen LogP contribution in [0.3, 0.4) is 0 Å². The molecule has 0 heterocycles. The smallest absolute Gasteiger partial charge is 0.00693 e. The highest BCUT2D eigenvalue weighted by Crippen LogP contribution is 2.42. The molecule has 0 aromatic heterocycles. The highest BCUT2D eigenvalue weighted by molar-refractivity contribution is 7.98. The molecule has 0 atom stereocenters. The maximum absolute atomic E-state index is 2.29. The van der Waals surface area contributed by atoms with E-state index in [1.807, 2.05) is 0 Å². The Bertz CT molecular complexity index is 718. The summed E-state index contributed by atoms with van der Waals surface area (Å²) in [5.41, 5.74) is 2.88. The second kappa shape index (κ2) is 9.48. The van der Waals surface area contributed by atoms with Crippen LogP contribution in [0.2, 0.25) is 0 Å². The molecule has 3 heteroatoms. The minimum Gasteiger partial charge on any atom is -0.130 e. The molecule has 128 valence electrons. The molecule has 0 bridgehead atoms. The van der Waals surface area contributed by atoms with Crippen LogP contribution in [0.5, 0.6) is 0 Å². The minimum absolute atomic E-state index is 0.250. The van der Waals surface area contributed by atoms with Gasteiger partial charge in [-0.3, -0.25) is 0 Å². The predicted molar refractivity (Wildman–Crippen MR) is 117 cm³/mol. The van der Waals surface area contributed by atoms with Gasteiger partial charge in [-0.05, 0) is 65.5 Å². The van der Waals surface area contributed by atoms with E-state index in [9.17, 15) is 0 Å². The lowest BCUT2D eigenvalue weighted by atomic mass is 10.2. The van der Waals surface area contributed by atoms with Crippen molar-refractivity contribution >= 4 is 36.7 Å². The summed E-state index contributed by atoms with van der Waals surface area (Å²) >= 11 is 3.60. The summed E-state index contributed by atoms with van der Waals surface area (Å²) in [5.74, 6) is 0. The van der Waals surface area contributed by atoms with Gasteiger partial charge in [0.05, 0.1) is 0 Å². The Morgan fingerprint density at radius 1 is 0.600 bits per heavy atom. The molecule has 0 unspecified atom stereocenters. The van der Waals surface area contributed by atoms with Gasteiger partial charge in [0.25, 0.3) is 0 Å². The van der Waals surface area contributed by atoms with E-state index in [0.29, 0.717) is 0 Å². The number of rotatable bonds is 7. The van der Waals surface area contributed by atoms with Crippen LogP contribution < -0.4 is 5.30 Å². The summed E-state index contributed by atoms with van der Waals surface area (Å²) in [6.45, 7) is 0. The topological polar surface area (TPSA) is 0 Å². The van der Waals surface area contributed by atoms with Crippen LogP contribution in [0, 0.1) is 0 Å². The molecule has 0 spiro atoms. The molecular weight excluding hydrogens is 359 g/mol. The molecule has 0 N–H and O–H groups in total. The number of hydrogen-bond acceptors (Lipinski definition) is 2. The second-order valence-electron chi connectivity index (χ2n) is 5.89. The standard InChI is InChI=1S/C22H23PS2/c1-24-21-12-8-18(9-13-21)16-23(20-6-4-3-5-7-20)17-19-10-14-22(25-2)15-11-19/h3-15H,16-17H2,1-2H3. The first-order valence-corrected chi connectivity index (χ1v) is 12.5. The zero-order valence-corrected chi connectivity index (χ0v) is 17.2. The predicted octanol–water partition coefficient (Wildman–Crippen LogP) is 6.64. The Kier molecular flexibility index (Phi) is 7.04. The summed E-state index contributed by atoms with van der Waals surface area (Å²) in [4.78, 5) is 2.67. The van der Waals surface area contributed by atoms with E-state index in [1.165, 1.54) is 26.2 Å². The van der Waals surface area contributed by atoms with Gasteiger partial charge in [-0.2, -0.15) is 0 Å². The minimum atomic E-state index is -0.250. The zero-order chi connectivity index (χ0) is 17.5. The van der Waals surface area contributed by atoms with E-state index in [4.69, 9.17) is 0 Å². The second-order valence-corrected chi connectivity index (χ2v) is 9.88. The lowest BCUT2D eigenvalue weighted by Crippen LogP contribution is -2.04. The molecule has 25 heavy (non-hydrogen) atoms. The van der Waals surface area contributed by atoms with Gasteiger partial charge in [-0.1, -0.05) is 62.5 Å². The molecule has 0 radical (unpaired) electrons. The Labute approximate surface area is 161 Å². The molecule has 0 fully saturated rings. The molecule has 0 aliphatic rings. The fourth-order valence-electron chi connectivity index (χ4n) is 2.78. The van der Waals surface area contributed by atoms with E-state index in [2.05, 4.69) is 91.4 Å². The van der Waals surface area contributed by atoms with E-state index in [1.54, 1.807) is 23.5 Å². The first-order valence-electron chi connectivity index (χ1n) is 8.34. The van der Waals surface area contributed by atoms with Gasteiger partial charge in [-0.25, -0.2) is 0 Å². The number of benzene rings is 3. The molecule has 0 saturated heterocycles. The van der Waals surface area contributed by atoms with Crippen molar-refractivity contribution < 1.29 is 0 Å². The van der Waals surface area contributed by atoms with Crippen molar-refractivity contribution in [2.24, 2.45) is 0 Å². The first kappa shape index (κ1) is 18.6. The van der Waals surface area contributed by atoms with Crippen LogP contribution in [-0.4, -0.2) is 12.5 Å². The van der Waals surface area contributed by atoms with Gasteiger partial charge >= 0.3 is 0 Å². The van der Waals surface area contributed by atoms with Crippen molar-refractivity contribution in [3.05, 3.63) is 90.0 Å². The molecule has 0 nitrogen and oxygen atoms in total. The third-order valence-electron chi connectivity index (χ3n) is 4.19. The Morgan fingerprint density at radius 3 is 1.44 bits per heavy atom. The summed E-state index contributed by atoms with van der Waals surface area (Å²) < 4.78 is 0. The fourth-order valence-corrected chi connectivity index (χ4v) is 5.97. The van der Waals surface area contributed by atoms with Crippen LogP contribution in [0.1, 0.15) is 11.1 Å². The van der Waals surface area contributed by atoms with Gasteiger partial charge < -0.3 is 0 Å². The zero-order valence-electron chi connectivity index (χ0n) is 14.7. The number of hydrogen-bond donors (Lipinski definition) is 0. The lowest BCUT2D eigenvalue weighted by molar-refractivity contribution is 1.29. The van der Waals surface area contributed by atoms with Gasteiger partial charge in [0, 0.05) is 9.79 Å². The van der Waals surface area contributed by atoms with Crippen LogP contribution in [0.15, 0.2) is 88.7 Å². The van der Waals surface area contributed by atoms with Crippen molar-refractivity contribution in [3.63, 3.8) is 0 Å². The summed E-state index contributed by atoms with van der Waals surface area (Å²) in [5, 5.41) is 1.49. The maximum atomic E-state index is 2.29. The summed E-state index contributed by atoms with van der Waals surface area (Å²) in [6.07, 6.45) is 6.53.